The molecule has 17 heavy (non-hydrogen) atoms. The van der Waals surface area contributed by atoms with E-state index in [1.54, 1.807) is 0 Å². The maximum absolute atomic E-state index is 5.88. The number of hydrogen-bond donors (Lipinski definition) is 2. The average Bonchev–Trinajstić information content (AvgIpc) is 2.78. The summed E-state index contributed by atoms with van der Waals surface area (Å²) in [7, 11) is 0. The molecule has 3 heteroatoms. The highest BCUT2D eigenvalue weighted by molar-refractivity contribution is 5.28. The first-order valence-corrected chi connectivity index (χ1v) is 6.38. The normalized spacial score (nSPS) is 26.1. The van der Waals surface area contributed by atoms with Crippen molar-refractivity contribution in [3.8, 4) is 0 Å². The molecule has 3 N–H and O–H groups in total. The molecule has 0 spiro atoms. The molecule has 2 rings (SSSR count). The van der Waals surface area contributed by atoms with Crippen LogP contribution in [-0.4, -0.2) is 12.2 Å². The van der Waals surface area contributed by atoms with E-state index in [2.05, 4.69) is 43.5 Å². The number of hydrazine groups is 1. The molecular formula is C14H22N2O. The first-order valence-electron chi connectivity index (χ1n) is 6.38. The van der Waals surface area contributed by atoms with E-state index in [4.69, 9.17) is 10.6 Å². The van der Waals surface area contributed by atoms with E-state index < -0.39 is 0 Å². The SMILES string of the molecule is CCc1cccc(C(NN)C2(C)CCCO2)c1. The summed E-state index contributed by atoms with van der Waals surface area (Å²) in [6.45, 7) is 5.14. The van der Waals surface area contributed by atoms with E-state index in [0.717, 1.165) is 25.9 Å². The van der Waals surface area contributed by atoms with Crippen LogP contribution in [0.3, 0.4) is 0 Å². The zero-order chi connectivity index (χ0) is 12.3. The minimum absolute atomic E-state index is 0.0662. The molecule has 0 radical (unpaired) electrons. The van der Waals surface area contributed by atoms with Crippen molar-refractivity contribution in [2.45, 2.75) is 44.8 Å². The molecule has 0 saturated carbocycles. The van der Waals surface area contributed by atoms with Crippen LogP contribution < -0.4 is 11.3 Å². The van der Waals surface area contributed by atoms with Gasteiger partial charge in [0.2, 0.25) is 0 Å². The Morgan fingerprint density at radius 2 is 2.35 bits per heavy atom. The van der Waals surface area contributed by atoms with Crippen LogP contribution in [0.25, 0.3) is 0 Å². The average molecular weight is 234 g/mol. The molecule has 1 fully saturated rings. The van der Waals surface area contributed by atoms with E-state index >= 15 is 0 Å². The summed E-state index contributed by atoms with van der Waals surface area (Å²) in [5.74, 6) is 5.73. The zero-order valence-corrected chi connectivity index (χ0v) is 10.7. The van der Waals surface area contributed by atoms with E-state index in [1.807, 2.05) is 0 Å². The van der Waals surface area contributed by atoms with Crippen molar-refractivity contribution < 1.29 is 4.74 Å². The summed E-state index contributed by atoms with van der Waals surface area (Å²) < 4.78 is 5.88. The second-order valence-electron chi connectivity index (χ2n) is 4.96. The van der Waals surface area contributed by atoms with E-state index in [1.165, 1.54) is 11.1 Å². The lowest BCUT2D eigenvalue weighted by molar-refractivity contribution is -0.0125. The monoisotopic (exact) mass is 234 g/mol. The third-order valence-corrected chi connectivity index (χ3v) is 3.72. The Balaban J connectivity index is 2.27. The molecule has 0 bridgehead atoms. The quantitative estimate of drug-likeness (QED) is 0.621. The van der Waals surface area contributed by atoms with Crippen LogP contribution in [-0.2, 0) is 11.2 Å². The van der Waals surface area contributed by atoms with E-state index in [0.29, 0.717) is 0 Å². The Kier molecular flexibility index (Phi) is 3.82. The lowest BCUT2D eigenvalue weighted by Gasteiger charge is -2.33. The first kappa shape index (κ1) is 12.6. The number of ether oxygens (including phenoxy) is 1. The zero-order valence-electron chi connectivity index (χ0n) is 10.7. The molecule has 3 nitrogen and oxygen atoms in total. The minimum Gasteiger partial charge on any atom is -0.373 e. The predicted molar refractivity (Wildman–Crippen MR) is 69.5 cm³/mol. The van der Waals surface area contributed by atoms with Crippen LogP contribution in [0.15, 0.2) is 24.3 Å². The summed E-state index contributed by atoms with van der Waals surface area (Å²) in [4.78, 5) is 0. The van der Waals surface area contributed by atoms with Gasteiger partial charge in [-0.05, 0) is 37.3 Å². The van der Waals surface area contributed by atoms with Gasteiger partial charge in [-0.2, -0.15) is 0 Å². The molecule has 1 aromatic carbocycles. The molecule has 94 valence electrons. The maximum Gasteiger partial charge on any atom is 0.0862 e. The summed E-state index contributed by atoms with van der Waals surface area (Å²) in [6.07, 6.45) is 3.21. The van der Waals surface area contributed by atoms with Crippen LogP contribution >= 0.6 is 0 Å². The lowest BCUT2D eigenvalue weighted by atomic mass is 9.87. The van der Waals surface area contributed by atoms with E-state index in [9.17, 15) is 0 Å². The van der Waals surface area contributed by atoms with Gasteiger partial charge in [0, 0.05) is 6.61 Å². The Hall–Kier alpha value is -0.900. The number of benzene rings is 1. The van der Waals surface area contributed by atoms with Crippen molar-refractivity contribution in [2.24, 2.45) is 5.84 Å². The highest BCUT2D eigenvalue weighted by Gasteiger charge is 2.38. The molecule has 0 aromatic heterocycles. The van der Waals surface area contributed by atoms with Gasteiger partial charge in [-0.15, -0.1) is 0 Å². The smallest absolute Gasteiger partial charge is 0.0862 e. The molecule has 0 amide bonds. The molecule has 2 unspecified atom stereocenters. The fourth-order valence-corrected chi connectivity index (χ4v) is 2.65. The van der Waals surface area contributed by atoms with Crippen molar-refractivity contribution in [3.63, 3.8) is 0 Å². The van der Waals surface area contributed by atoms with Crippen LogP contribution in [0.4, 0.5) is 0 Å². The van der Waals surface area contributed by atoms with Crippen molar-refractivity contribution in [3.05, 3.63) is 35.4 Å². The van der Waals surface area contributed by atoms with Gasteiger partial charge in [0.25, 0.3) is 0 Å². The fraction of sp³-hybridized carbons (Fsp3) is 0.571. The molecule has 1 aliphatic rings. The fourth-order valence-electron chi connectivity index (χ4n) is 2.65. The summed E-state index contributed by atoms with van der Waals surface area (Å²) in [6, 6.07) is 8.65. The number of rotatable bonds is 4. The Bertz CT molecular complexity index is 372. The first-order chi connectivity index (χ1) is 8.19. The second kappa shape index (κ2) is 5.17. The number of aryl methyl sites for hydroxylation is 1. The van der Waals surface area contributed by atoms with Crippen LogP contribution in [0, 0.1) is 0 Å². The Morgan fingerprint density at radius 1 is 1.53 bits per heavy atom. The van der Waals surface area contributed by atoms with Gasteiger partial charge in [-0.3, -0.25) is 11.3 Å². The number of nitrogens with one attached hydrogen (secondary N) is 1. The Labute approximate surface area is 103 Å². The summed E-state index contributed by atoms with van der Waals surface area (Å²) >= 11 is 0. The molecule has 1 heterocycles. The topological polar surface area (TPSA) is 47.3 Å². The van der Waals surface area contributed by atoms with Gasteiger partial charge in [0.1, 0.15) is 0 Å². The number of nitrogens with two attached hydrogens (primary N) is 1. The predicted octanol–water partition coefficient (Wildman–Crippen LogP) is 2.32. The van der Waals surface area contributed by atoms with Crippen LogP contribution in [0.1, 0.15) is 43.9 Å². The molecule has 2 atom stereocenters. The standard InChI is InChI=1S/C14H22N2O/c1-3-11-6-4-7-12(10-11)13(16-15)14(2)8-5-9-17-14/h4,6-7,10,13,16H,3,5,8-9,15H2,1-2H3. The lowest BCUT2D eigenvalue weighted by Crippen LogP contribution is -2.44. The van der Waals surface area contributed by atoms with Crippen molar-refractivity contribution in [1.82, 2.24) is 5.43 Å². The molecule has 1 aliphatic heterocycles. The van der Waals surface area contributed by atoms with Gasteiger partial charge in [-0.1, -0.05) is 31.2 Å². The Morgan fingerprint density at radius 3 is 2.94 bits per heavy atom. The second-order valence-corrected chi connectivity index (χ2v) is 4.96. The van der Waals surface area contributed by atoms with Crippen molar-refractivity contribution in [1.29, 1.82) is 0 Å². The number of hydrogen-bond acceptors (Lipinski definition) is 3. The largest absolute Gasteiger partial charge is 0.373 e. The summed E-state index contributed by atoms with van der Waals surface area (Å²) in [5.41, 5.74) is 5.30. The molecular weight excluding hydrogens is 212 g/mol. The molecule has 0 aliphatic carbocycles. The highest BCUT2D eigenvalue weighted by Crippen LogP contribution is 2.37. The van der Waals surface area contributed by atoms with E-state index in [-0.39, 0.29) is 11.6 Å². The summed E-state index contributed by atoms with van der Waals surface area (Å²) in [5, 5.41) is 0. The van der Waals surface area contributed by atoms with Crippen LogP contribution in [0.2, 0.25) is 0 Å². The molecule has 1 aromatic rings. The van der Waals surface area contributed by atoms with Gasteiger partial charge in [-0.25, -0.2) is 0 Å². The van der Waals surface area contributed by atoms with Crippen LogP contribution in [0.5, 0.6) is 0 Å². The van der Waals surface area contributed by atoms with Gasteiger partial charge in [0.05, 0.1) is 11.6 Å². The minimum atomic E-state index is -0.179. The third-order valence-electron chi connectivity index (χ3n) is 3.72. The van der Waals surface area contributed by atoms with Crippen molar-refractivity contribution in [2.75, 3.05) is 6.61 Å². The van der Waals surface area contributed by atoms with Crippen molar-refractivity contribution >= 4 is 0 Å². The third kappa shape index (κ3) is 2.51. The van der Waals surface area contributed by atoms with Gasteiger partial charge < -0.3 is 4.74 Å². The van der Waals surface area contributed by atoms with Gasteiger partial charge in [0.15, 0.2) is 0 Å². The molecule has 1 saturated heterocycles. The highest BCUT2D eigenvalue weighted by atomic mass is 16.5. The van der Waals surface area contributed by atoms with Gasteiger partial charge >= 0.3 is 0 Å². The maximum atomic E-state index is 5.88.